The second-order valence-electron chi connectivity index (χ2n) is 4.87. The molecule has 0 saturated heterocycles. The highest BCUT2D eigenvalue weighted by atomic mass is 32.2. The number of amides is 1. The summed E-state index contributed by atoms with van der Waals surface area (Å²) in [6, 6.07) is 15.1. The Morgan fingerprint density at radius 3 is 2.30 bits per heavy atom. The summed E-state index contributed by atoms with van der Waals surface area (Å²) in [5, 5.41) is 8.76. The molecule has 0 aliphatic carbocycles. The normalized spacial score (nSPS) is 10.4. The maximum Gasteiger partial charge on any atom is 0.288 e. The van der Waals surface area contributed by atoms with Crippen molar-refractivity contribution in [1.29, 1.82) is 5.26 Å². The number of nitriles is 1. The number of alkyl halides is 2. The Kier molecular flexibility index (Phi) is 5.72. The number of rotatable bonds is 5. The van der Waals surface area contributed by atoms with Gasteiger partial charge in [0.05, 0.1) is 11.6 Å². The smallest absolute Gasteiger partial charge is 0.288 e. The van der Waals surface area contributed by atoms with Crippen molar-refractivity contribution in [1.82, 2.24) is 4.90 Å². The monoisotopic (exact) mass is 332 g/mol. The molecule has 0 unspecified atom stereocenters. The number of carbonyl (C=O) groups is 1. The van der Waals surface area contributed by atoms with Gasteiger partial charge < -0.3 is 4.90 Å². The topological polar surface area (TPSA) is 44.1 Å². The van der Waals surface area contributed by atoms with Crippen LogP contribution < -0.4 is 0 Å². The minimum Gasteiger partial charge on any atom is -0.337 e. The molecule has 0 radical (unpaired) electrons. The molecule has 0 aromatic heterocycles. The van der Waals surface area contributed by atoms with Crippen molar-refractivity contribution in [2.75, 3.05) is 7.05 Å². The molecular formula is C17H14F2N2OS. The van der Waals surface area contributed by atoms with Crippen LogP contribution in [0.15, 0.2) is 53.4 Å². The highest BCUT2D eigenvalue weighted by molar-refractivity contribution is 7.99. The molecule has 1 amide bonds. The molecule has 23 heavy (non-hydrogen) atoms. The Hall–Kier alpha value is -2.39. The molecule has 0 aliphatic heterocycles. The zero-order valence-electron chi connectivity index (χ0n) is 12.4. The lowest BCUT2D eigenvalue weighted by Gasteiger charge is -2.17. The van der Waals surface area contributed by atoms with Gasteiger partial charge in [0.2, 0.25) is 0 Å². The van der Waals surface area contributed by atoms with Gasteiger partial charge in [-0.15, -0.1) is 0 Å². The quantitative estimate of drug-likeness (QED) is 0.773. The third-order valence-corrected chi connectivity index (χ3v) is 3.90. The maximum absolute atomic E-state index is 12.3. The molecule has 0 fully saturated rings. The fraction of sp³-hybridized carbons (Fsp3) is 0.176. The molecule has 118 valence electrons. The van der Waals surface area contributed by atoms with E-state index in [1.165, 1.54) is 17.0 Å². The zero-order valence-corrected chi connectivity index (χ0v) is 13.2. The van der Waals surface area contributed by atoms with Crippen LogP contribution in [-0.4, -0.2) is 23.6 Å². The Labute approximate surface area is 137 Å². The van der Waals surface area contributed by atoms with Gasteiger partial charge in [-0.2, -0.15) is 14.0 Å². The van der Waals surface area contributed by atoms with Gasteiger partial charge in [-0.1, -0.05) is 23.9 Å². The van der Waals surface area contributed by atoms with Crippen molar-refractivity contribution in [3.63, 3.8) is 0 Å². The Bertz CT molecular complexity index is 709. The largest absolute Gasteiger partial charge is 0.337 e. The highest BCUT2D eigenvalue weighted by Crippen LogP contribution is 2.25. The predicted molar refractivity (Wildman–Crippen MR) is 85.3 cm³/mol. The molecule has 2 aromatic rings. The number of hydrogen-bond acceptors (Lipinski definition) is 3. The summed E-state index contributed by atoms with van der Waals surface area (Å²) >= 11 is 0.449. The van der Waals surface area contributed by atoms with Crippen LogP contribution in [-0.2, 0) is 6.54 Å². The Morgan fingerprint density at radius 1 is 1.17 bits per heavy atom. The van der Waals surface area contributed by atoms with Crippen molar-refractivity contribution in [3.05, 3.63) is 65.2 Å². The summed E-state index contributed by atoms with van der Waals surface area (Å²) < 4.78 is 24.5. The van der Waals surface area contributed by atoms with Crippen LogP contribution in [0.1, 0.15) is 21.5 Å². The molecule has 3 nitrogen and oxygen atoms in total. The average Bonchev–Trinajstić information content (AvgIpc) is 2.55. The summed E-state index contributed by atoms with van der Waals surface area (Å²) in [6.07, 6.45) is 0. The van der Waals surface area contributed by atoms with Gasteiger partial charge in [0.1, 0.15) is 0 Å². The summed E-state index contributed by atoms with van der Waals surface area (Å²) in [7, 11) is 1.67. The lowest BCUT2D eigenvalue weighted by atomic mass is 10.1. The molecule has 0 N–H and O–H groups in total. The minimum atomic E-state index is -2.48. The van der Waals surface area contributed by atoms with Crippen LogP contribution in [0.2, 0.25) is 0 Å². The lowest BCUT2D eigenvalue weighted by molar-refractivity contribution is 0.0785. The van der Waals surface area contributed by atoms with Gasteiger partial charge in [-0.3, -0.25) is 4.79 Å². The van der Waals surface area contributed by atoms with E-state index < -0.39 is 5.76 Å². The van der Waals surface area contributed by atoms with E-state index in [4.69, 9.17) is 5.26 Å². The third-order valence-electron chi connectivity index (χ3n) is 3.18. The number of hydrogen-bond donors (Lipinski definition) is 0. The molecule has 0 aliphatic rings. The van der Waals surface area contributed by atoms with Crippen molar-refractivity contribution in [2.45, 2.75) is 17.2 Å². The first-order chi connectivity index (χ1) is 11.0. The standard InChI is InChI=1S/C17H14F2N2OS/c1-21(11-13-4-2-12(10-20)3-5-13)16(22)14-6-8-15(9-7-14)23-17(18)19/h2-9,17H,11H2,1H3. The second-order valence-corrected chi connectivity index (χ2v) is 5.94. The Morgan fingerprint density at radius 2 is 1.78 bits per heavy atom. The molecular weight excluding hydrogens is 318 g/mol. The molecule has 0 atom stereocenters. The van der Waals surface area contributed by atoms with E-state index in [0.29, 0.717) is 34.3 Å². The van der Waals surface area contributed by atoms with Crippen molar-refractivity contribution >= 4 is 17.7 Å². The number of halogens is 2. The van der Waals surface area contributed by atoms with E-state index in [-0.39, 0.29) is 5.91 Å². The molecule has 2 aromatic carbocycles. The van der Waals surface area contributed by atoms with Crippen LogP contribution in [0.4, 0.5) is 8.78 Å². The van der Waals surface area contributed by atoms with Crippen LogP contribution in [0.25, 0.3) is 0 Å². The van der Waals surface area contributed by atoms with Gasteiger partial charge in [-0.25, -0.2) is 0 Å². The Balaban J connectivity index is 2.02. The molecule has 0 spiro atoms. The van der Waals surface area contributed by atoms with E-state index >= 15 is 0 Å². The maximum atomic E-state index is 12.3. The van der Waals surface area contributed by atoms with E-state index in [9.17, 15) is 13.6 Å². The van der Waals surface area contributed by atoms with E-state index in [2.05, 4.69) is 0 Å². The van der Waals surface area contributed by atoms with Gasteiger partial charge in [0.25, 0.3) is 11.7 Å². The number of nitrogens with zero attached hydrogens (tertiary/aromatic N) is 2. The summed E-state index contributed by atoms with van der Waals surface area (Å²) in [5.41, 5.74) is 1.92. The number of thioether (sulfide) groups is 1. The fourth-order valence-corrected chi connectivity index (χ4v) is 2.53. The number of benzene rings is 2. The van der Waals surface area contributed by atoms with Gasteiger partial charge in [0.15, 0.2) is 0 Å². The zero-order chi connectivity index (χ0) is 16.8. The predicted octanol–water partition coefficient (Wildman–Crippen LogP) is 4.15. The van der Waals surface area contributed by atoms with Crippen molar-refractivity contribution < 1.29 is 13.6 Å². The first-order valence-electron chi connectivity index (χ1n) is 6.79. The molecule has 0 bridgehead atoms. The second kappa shape index (κ2) is 7.75. The summed E-state index contributed by atoms with van der Waals surface area (Å²) in [5.74, 6) is -2.67. The van der Waals surface area contributed by atoms with E-state index in [1.54, 1.807) is 43.4 Å². The lowest BCUT2D eigenvalue weighted by Crippen LogP contribution is -2.26. The van der Waals surface area contributed by atoms with Crippen LogP contribution in [0.3, 0.4) is 0 Å². The third kappa shape index (κ3) is 4.80. The number of carbonyl (C=O) groups excluding carboxylic acids is 1. The molecule has 6 heteroatoms. The van der Waals surface area contributed by atoms with Crippen molar-refractivity contribution in [2.24, 2.45) is 0 Å². The van der Waals surface area contributed by atoms with E-state index in [1.807, 2.05) is 6.07 Å². The summed E-state index contributed by atoms with van der Waals surface area (Å²) in [4.78, 5) is 14.3. The highest BCUT2D eigenvalue weighted by Gasteiger charge is 2.13. The van der Waals surface area contributed by atoms with Crippen LogP contribution in [0.5, 0.6) is 0 Å². The van der Waals surface area contributed by atoms with Gasteiger partial charge in [0, 0.05) is 24.1 Å². The average molecular weight is 332 g/mol. The summed E-state index contributed by atoms with van der Waals surface area (Å²) in [6.45, 7) is 0.401. The first kappa shape index (κ1) is 17.0. The molecule has 0 heterocycles. The van der Waals surface area contributed by atoms with Crippen LogP contribution >= 0.6 is 11.8 Å². The fourth-order valence-electron chi connectivity index (χ4n) is 2.03. The van der Waals surface area contributed by atoms with E-state index in [0.717, 1.165) is 5.56 Å². The minimum absolute atomic E-state index is 0.192. The molecule has 2 rings (SSSR count). The van der Waals surface area contributed by atoms with Crippen molar-refractivity contribution in [3.8, 4) is 6.07 Å². The van der Waals surface area contributed by atoms with Crippen LogP contribution in [0, 0.1) is 11.3 Å². The van der Waals surface area contributed by atoms with Gasteiger partial charge >= 0.3 is 0 Å². The van der Waals surface area contributed by atoms with Gasteiger partial charge in [-0.05, 0) is 42.0 Å². The molecule has 0 saturated carbocycles. The SMILES string of the molecule is CN(Cc1ccc(C#N)cc1)C(=O)c1ccc(SC(F)F)cc1. The first-order valence-corrected chi connectivity index (χ1v) is 7.67.